The van der Waals surface area contributed by atoms with E-state index in [1.54, 1.807) is 40.0 Å². The van der Waals surface area contributed by atoms with E-state index < -0.39 is 11.7 Å². The highest BCUT2D eigenvalue weighted by atomic mass is 16.6. The molecular weight excluding hydrogens is 320 g/mol. The summed E-state index contributed by atoms with van der Waals surface area (Å²) in [4.78, 5) is 27.9. The van der Waals surface area contributed by atoms with Crippen LogP contribution in [-0.2, 0) is 20.7 Å². The number of rotatable bonds is 7. The van der Waals surface area contributed by atoms with Gasteiger partial charge < -0.3 is 9.47 Å². The van der Waals surface area contributed by atoms with Gasteiger partial charge in [-0.3, -0.25) is 5.32 Å². The van der Waals surface area contributed by atoms with Gasteiger partial charge in [-0.25, -0.2) is 14.6 Å². The third kappa shape index (κ3) is 8.33. The fourth-order valence-electron chi connectivity index (χ4n) is 2.00. The van der Waals surface area contributed by atoms with Gasteiger partial charge in [0.15, 0.2) is 0 Å². The minimum atomic E-state index is -0.567. The van der Waals surface area contributed by atoms with Crippen molar-refractivity contribution in [2.75, 3.05) is 11.9 Å². The molecule has 25 heavy (non-hydrogen) atoms. The molecule has 0 spiro atoms. The lowest BCUT2D eigenvalue weighted by Gasteiger charge is -2.19. The molecule has 0 atom stereocenters. The van der Waals surface area contributed by atoms with E-state index in [0.29, 0.717) is 24.4 Å². The molecule has 0 bridgehead atoms. The van der Waals surface area contributed by atoms with Gasteiger partial charge in [0.1, 0.15) is 11.4 Å². The van der Waals surface area contributed by atoms with Crippen molar-refractivity contribution in [3.05, 3.63) is 35.5 Å². The smallest absolute Gasteiger partial charge is 0.413 e. The van der Waals surface area contributed by atoms with Crippen molar-refractivity contribution in [2.24, 2.45) is 0 Å². The summed E-state index contributed by atoms with van der Waals surface area (Å²) in [6.07, 6.45) is 5.21. The van der Waals surface area contributed by atoms with Gasteiger partial charge >= 0.3 is 12.1 Å². The van der Waals surface area contributed by atoms with Crippen LogP contribution in [0.1, 0.15) is 53.0 Å². The quantitative estimate of drug-likeness (QED) is 0.588. The number of unbranched alkanes of at least 4 members (excludes halogenated alkanes) is 1. The molecule has 1 amide bonds. The van der Waals surface area contributed by atoms with Crippen molar-refractivity contribution in [3.8, 4) is 0 Å². The lowest BCUT2D eigenvalue weighted by molar-refractivity contribution is -0.138. The fraction of sp³-hybridized carbons (Fsp3) is 0.526. The van der Waals surface area contributed by atoms with Crippen LogP contribution in [0.25, 0.3) is 0 Å². The summed E-state index contributed by atoms with van der Waals surface area (Å²) >= 11 is 0. The monoisotopic (exact) mass is 348 g/mol. The van der Waals surface area contributed by atoms with Crippen LogP contribution < -0.4 is 5.32 Å². The molecule has 0 aliphatic rings. The Balaban J connectivity index is 2.73. The van der Waals surface area contributed by atoms with E-state index in [4.69, 9.17) is 9.47 Å². The van der Waals surface area contributed by atoms with E-state index in [0.717, 1.165) is 18.4 Å². The summed E-state index contributed by atoms with van der Waals surface area (Å²) in [5.74, 6) is 0.0973. The van der Waals surface area contributed by atoms with Crippen molar-refractivity contribution in [3.63, 3.8) is 0 Å². The number of carbonyl (C=O) groups is 2. The molecule has 0 aromatic carbocycles. The molecule has 6 nitrogen and oxygen atoms in total. The number of esters is 1. The van der Waals surface area contributed by atoms with E-state index in [2.05, 4.69) is 17.2 Å². The first-order valence-corrected chi connectivity index (χ1v) is 8.56. The Labute approximate surface area is 149 Å². The Bertz CT molecular complexity index is 601. The number of amides is 1. The molecule has 0 fully saturated rings. The van der Waals surface area contributed by atoms with Gasteiger partial charge in [0.05, 0.1) is 6.61 Å². The van der Waals surface area contributed by atoms with E-state index in [9.17, 15) is 9.59 Å². The molecule has 0 radical (unpaired) electrons. The SMILES string of the molecule is CCCC=C(Cc1ccc(NC(=O)OC(C)(C)C)nc1)C(=O)OCC. The molecule has 0 aliphatic heterocycles. The first-order chi connectivity index (χ1) is 11.7. The highest BCUT2D eigenvalue weighted by Gasteiger charge is 2.16. The number of pyridine rings is 1. The summed E-state index contributed by atoms with van der Waals surface area (Å²) in [5.41, 5.74) is 0.923. The number of nitrogens with one attached hydrogen (secondary N) is 1. The molecule has 0 aliphatic carbocycles. The molecule has 1 heterocycles. The number of anilines is 1. The van der Waals surface area contributed by atoms with Gasteiger partial charge in [0, 0.05) is 18.2 Å². The third-order valence-electron chi connectivity index (χ3n) is 3.07. The van der Waals surface area contributed by atoms with E-state index in [1.807, 2.05) is 12.1 Å². The van der Waals surface area contributed by atoms with Gasteiger partial charge in [0.25, 0.3) is 0 Å². The van der Waals surface area contributed by atoms with Crippen LogP contribution in [0.5, 0.6) is 0 Å². The molecule has 0 saturated heterocycles. The van der Waals surface area contributed by atoms with Crippen molar-refractivity contribution >= 4 is 17.9 Å². The highest BCUT2D eigenvalue weighted by molar-refractivity contribution is 5.89. The molecular formula is C19H28N2O4. The number of ether oxygens (including phenoxy) is 2. The number of nitrogens with zero attached hydrogens (tertiary/aromatic N) is 1. The van der Waals surface area contributed by atoms with Crippen molar-refractivity contribution < 1.29 is 19.1 Å². The number of hydrogen-bond donors (Lipinski definition) is 1. The second kappa shape index (κ2) is 9.81. The number of hydrogen-bond acceptors (Lipinski definition) is 5. The average Bonchev–Trinajstić information content (AvgIpc) is 2.51. The Morgan fingerprint density at radius 2 is 1.96 bits per heavy atom. The zero-order valence-corrected chi connectivity index (χ0v) is 15.7. The van der Waals surface area contributed by atoms with Gasteiger partial charge in [-0.05, 0) is 45.7 Å². The van der Waals surface area contributed by atoms with Gasteiger partial charge in [-0.1, -0.05) is 25.5 Å². The van der Waals surface area contributed by atoms with Crippen LogP contribution in [0.3, 0.4) is 0 Å². The maximum absolute atomic E-state index is 12.0. The lowest BCUT2D eigenvalue weighted by Crippen LogP contribution is -2.27. The maximum atomic E-state index is 12.0. The number of aromatic nitrogens is 1. The van der Waals surface area contributed by atoms with Crippen molar-refractivity contribution in [1.82, 2.24) is 4.98 Å². The third-order valence-corrected chi connectivity index (χ3v) is 3.07. The zero-order valence-electron chi connectivity index (χ0n) is 15.7. The highest BCUT2D eigenvalue weighted by Crippen LogP contribution is 2.14. The molecule has 1 aromatic heterocycles. The molecule has 6 heteroatoms. The summed E-state index contributed by atoms with van der Waals surface area (Å²) in [7, 11) is 0. The Morgan fingerprint density at radius 3 is 2.48 bits per heavy atom. The summed E-state index contributed by atoms with van der Waals surface area (Å²) in [6.45, 7) is 9.57. The van der Waals surface area contributed by atoms with Crippen LogP contribution in [0.15, 0.2) is 30.0 Å². The second-order valence-electron chi connectivity index (χ2n) is 6.59. The second-order valence-corrected chi connectivity index (χ2v) is 6.59. The molecule has 1 rings (SSSR count). The van der Waals surface area contributed by atoms with E-state index in [-0.39, 0.29) is 5.97 Å². The van der Waals surface area contributed by atoms with Crippen LogP contribution in [0, 0.1) is 0 Å². The Morgan fingerprint density at radius 1 is 1.24 bits per heavy atom. The first-order valence-electron chi connectivity index (χ1n) is 8.56. The normalized spacial score (nSPS) is 11.8. The number of allylic oxidation sites excluding steroid dienone is 1. The molecule has 1 N–H and O–H groups in total. The minimum absolute atomic E-state index is 0.299. The van der Waals surface area contributed by atoms with Gasteiger partial charge in [-0.2, -0.15) is 0 Å². The predicted molar refractivity (Wildman–Crippen MR) is 97.4 cm³/mol. The fourth-order valence-corrected chi connectivity index (χ4v) is 2.00. The zero-order chi connectivity index (χ0) is 18.9. The summed E-state index contributed by atoms with van der Waals surface area (Å²) < 4.78 is 10.3. The topological polar surface area (TPSA) is 77.5 Å². The minimum Gasteiger partial charge on any atom is -0.463 e. The molecule has 138 valence electrons. The van der Waals surface area contributed by atoms with Crippen LogP contribution >= 0.6 is 0 Å². The molecule has 0 unspecified atom stereocenters. The van der Waals surface area contributed by atoms with Crippen LogP contribution in [0.2, 0.25) is 0 Å². The van der Waals surface area contributed by atoms with Gasteiger partial charge in [-0.15, -0.1) is 0 Å². The average molecular weight is 348 g/mol. The molecule has 0 saturated carbocycles. The van der Waals surface area contributed by atoms with E-state index >= 15 is 0 Å². The molecule has 1 aromatic rings. The van der Waals surface area contributed by atoms with Gasteiger partial charge in [0.2, 0.25) is 0 Å². The lowest BCUT2D eigenvalue weighted by atomic mass is 10.1. The van der Waals surface area contributed by atoms with Crippen molar-refractivity contribution in [2.45, 2.75) is 59.5 Å². The summed E-state index contributed by atoms with van der Waals surface area (Å²) in [6, 6.07) is 3.50. The first kappa shape index (κ1) is 20.7. The number of carbonyl (C=O) groups excluding carboxylic acids is 2. The summed E-state index contributed by atoms with van der Waals surface area (Å²) in [5, 5.41) is 2.58. The Kier molecular flexibility index (Phi) is 8.11. The maximum Gasteiger partial charge on any atom is 0.413 e. The standard InChI is InChI=1S/C19H28N2O4/c1-6-8-9-15(17(22)24-7-2)12-14-10-11-16(20-13-14)21-18(23)25-19(3,4)5/h9-11,13H,6-8,12H2,1-5H3,(H,20,21,23). The van der Waals surface area contributed by atoms with Crippen molar-refractivity contribution in [1.29, 1.82) is 0 Å². The predicted octanol–water partition coefficient (Wildman–Crippen LogP) is 4.26. The van der Waals surface area contributed by atoms with E-state index in [1.165, 1.54) is 0 Å². The Hall–Kier alpha value is -2.37. The van der Waals surface area contributed by atoms with Crippen LogP contribution in [0.4, 0.5) is 10.6 Å². The van der Waals surface area contributed by atoms with Crippen LogP contribution in [-0.4, -0.2) is 29.3 Å². The largest absolute Gasteiger partial charge is 0.463 e.